The van der Waals surface area contributed by atoms with Crippen LogP contribution >= 0.6 is 0 Å². The van der Waals surface area contributed by atoms with Crippen LogP contribution in [0.4, 0.5) is 0 Å². The van der Waals surface area contributed by atoms with E-state index in [4.69, 9.17) is 0 Å². The van der Waals surface area contributed by atoms with Gasteiger partial charge in [-0.25, -0.2) is 0 Å². The summed E-state index contributed by atoms with van der Waals surface area (Å²) in [7, 11) is 0. The van der Waals surface area contributed by atoms with Gasteiger partial charge in [0, 0.05) is 5.56 Å². The summed E-state index contributed by atoms with van der Waals surface area (Å²) < 4.78 is 0. The average molecular weight is 302 g/mol. The molecular weight excluding hydrogens is 292 g/mol. The number of rotatable bonds is 0. The maximum Gasteiger partial charge on any atom is 0.202 e. The molecule has 0 spiro atoms. The van der Waals surface area contributed by atoms with Gasteiger partial charge in [0.2, 0.25) is 11.5 Å². The molecule has 22 heavy (non-hydrogen) atoms. The Kier molecular flexibility index (Phi) is 2.59. The van der Waals surface area contributed by atoms with Crippen molar-refractivity contribution in [2.75, 3.05) is 0 Å². The lowest BCUT2D eigenvalue weighted by Gasteiger charge is -2.21. The van der Waals surface area contributed by atoms with Crippen LogP contribution in [0.5, 0.6) is 28.7 Å². The number of hydrogen-bond acceptors (Lipinski definition) is 7. The highest BCUT2D eigenvalue weighted by Gasteiger charge is 2.38. The van der Waals surface area contributed by atoms with Crippen LogP contribution in [0.25, 0.3) is 0 Å². The molecule has 1 aliphatic rings. The van der Waals surface area contributed by atoms with E-state index in [9.17, 15) is 35.1 Å². The molecule has 0 bridgehead atoms. The minimum atomic E-state index is -0.960. The Morgan fingerprint density at radius 3 is 1.95 bits per heavy atom. The van der Waals surface area contributed by atoms with Crippen molar-refractivity contribution in [3.05, 3.63) is 39.9 Å². The van der Waals surface area contributed by atoms with Crippen LogP contribution in [-0.4, -0.2) is 37.1 Å². The second kappa shape index (κ2) is 4.14. The predicted octanol–water partition coefficient (Wildman–Crippen LogP) is 1.30. The molecule has 3 rings (SSSR count). The topological polar surface area (TPSA) is 135 Å². The normalized spacial score (nSPS) is 13.0. The van der Waals surface area contributed by atoms with E-state index in [2.05, 4.69) is 0 Å². The zero-order valence-electron chi connectivity index (χ0n) is 11.2. The van der Waals surface area contributed by atoms with Crippen molar-refractivity contribution in [2.45, 2.75) is 6.92 Å². The van der Waals surface area contributed by atoms with Gasteiger partial charge in [0.05, 0.1) is 16.7 Å². The maximum atomic E-state index is 12.5. The van der Waals surface area contributed by atoms with E-state index in [1.165, 1.54) is 6.92 Å². The number of carbonyl (C=O) groups is 2. The van der Waals surface area contributed by atoms with Crippen molar-refractivity contribution in [1.82, 2.24) is 0 Å². The summed E-state index contributed by atoms with van der Waals surface area (Å²) in [6.07, 6.45) is 0. The lowest BCUT2D eigenvalue weighted by molar-refractivity contribution is 0.0970. The van der Waals surface area contributed by atoms with Gasteiger partial charge in [-0.05, 0) is 24.6 Å². The molecule has 0 saturated carbocycles. The molecular formula is C15H10O7. The SMILES string of the molecule is Cc1cc(O)c2c(c1O)C(=O)c1cc(O)c(O)c(O)c1C2=O. The van der Waals surface area contributed by atoms with E-state index in [0.29, 0.717) is 0 Å². The summed E-state index contributed by atoms with van der Waals surface area (Å²) in [5.74, 6) is -5.48. The zero-order chi connectivity index (χ0) is 16.3. The van der Waals surface area contributed by atoms with E-state index in [1.807, 2.05) is 0 Å². The Bertz CT molecular complexity index is 876. The van der Waals surface area contributed by atoms with Gasteiger partial charge in [-0.1, -0.05) is 0 Å². The third-order valence-corrected chi connectivity index (χ3v) is 3.65. The van der Waals surface area contributed by atoms with Crippen LogP contribution in [0.2, 0.25) is 0 Å². The van der Waals surface area contributed by atoms with Gasteiger partial charge >= 0.3 is 0 Å². The van der Waals surface area contributed by atoms with E-state index < -0.39 is 57.0 Å². The van der Waals surface area contributed by atoms with Crippen molar-refractivity contribution in [3.8, 4) is 28.7 Å². The highest BCUT2D eigenvalue weighted by Crippen LogP contribution is 2.47. The standard InChI is InChI=1S/C15H10O7/c1-4-2-6(16)9-10(11(4)18)12(19)5-3-7(17)13(20)15(22)8(5)14(9)21/h2-3,16-18,20,22H,1H3. The fourth-order valence-corrected chi connectivity index (χ4v) is 2.55. The first-order valence-corrected chi connectivity index (χ1v) is 6.18. The summed E-state index contributed by atoms with van der Waals surface area (Å²) in [5, 5.41) is 48.8. The molecule has 0 unspecified atom stereocenters. The highest BCUT2D eigenvalue weighted by atomic mass is 16.3. The molecule has 112 valence electrons. The molecule has 0 atom stereocenters. The van der Waals surface area contributed by atoms with Gasteiger partial charge in [-0.3, -0.25) is 9.59 Å². The van der Waals surface area contributed by atoms with Gasteiger partial charge in [0.1, 0.15) is 11.5 Å². The van der Waals surface area contributed by atoms with Crippen LogP contribution in [0, 0.1) is 6.92 Å². The van der Waals surface area contributed by atoms with E-state index in [-0.39, 0.29) is 11.1 Å². The monoisotopic (exact) mass is 302 g/mol. The Morgan fingerprint density at radius 2 is 1.32 bits per heavy atom. The number of benzene rings is 2. The van der Waals surface area contributed by atoms with Crippen molar-refractivity contribution in [2.24, 2.45) is 0 Å². The van der Waals surface area contributed by atoms with Gasteiger partial charge in [-0.15, -0.1) is 0 Å². The van der Waals surface area contributed by atoms with E-state index in [0.717, 1.165) is 12.1 Å². The summed E-state index contributed by atoms with van der Waals surface area (Å²) in [4.78, 5) is 24.9. The fraction of sp³-hybridized carbons (Fsp3) is 0.0667. The first-order chi connectivity index (χ1) is 10.3. The number of ketones is 2. The first kappa shape index (κ1) is 13.7. The second-order valence-corrected chi connectivity index (χ2v) is 4.98. The maximum absolute atomic E-state index is 12.5. The summed E-state index contributed by atoms with van der Waals surface area (Å²) in [6, 6.07) is 1.94. The van der Waals surface area contributed by atoms with Crippen molar-refractivity contribution >= 4 is 11.6 Å². The smallest absolute Gasteiger partial charge is 0.202 e. The second-order valence-electron chi connectivity index (χ2n) is 4.98. The molecule has 7 heteroatoms. The third-order valence-electron chi connectivity index (χ3n) is 3.65. The van der Waals surface area contributed by atoms with Crippen LogP contribution < -0.4 is 0 Å². The Morgan fingerprint density at radius 1 is 0.682 bits per heavy atom. The van der Waals surface area contributed by atoms with Crippen LogP contribution in [0.15, 0.2) is 12.1 Å². The lowest BCUT2D eigenvalue weighted by Crippen LogP contribution is -2.21. The van der Waals surface area contributed by atoms with Gasteiger partial charge in [0.15, 0.2) is 17.3 Å². The summed E-state index contributed by atoms with van der Waals surface area (Å²) in [6.45, 7) is 1.44. The number of phenols is 5. The molecule has 0 amide bonds. The molecule has 5 N–H and O–H groups in total. The van der Waals surface area contributed by atoms with Crippen LogP contribution in [0.3, 0.4) is 0 Å². The average Bonchev–Trinajstić information content (AvgIpc) is 2.45. The first-order valence-electron chi connectivity index (χ1n) is 6.18. The van der Waals surface area contributed by atoms with Gasteiger partial charge < -0.3 is 25.5 Å². The van der Waals surface area contributed by atoms with Crippen LogP contribution in [0.1, 0.15) is 37.4 Å². The molecule has 2 aromatic carbocycles. The molecule has 0 heterocycles. The Hall–Kier alpha value is -3.22. The molecule has 7 nitrogen and oxygen atoms in total. The van der Waals surface area contributed by atoms with Crippen molar-refractivity contribution < 1.29 is 35.1 Å². The minimum absolute atomic E-state index is 0.188. The van der Waals surface area contributed by atoms with Crippen molar-refractivity contribution in [1.29, 1.82) is 0 Å². The number of carbonyl (C=O) groups excluding carboxylic acids is 2. The molecule has 0 fully saturated rings. The molecule has 0 radical (unpaired) electrons. The summed E-state index contributed by atoms with van der Waals surface area (Å²) >= 11 is 0. The zero-order valence-corrected chi connectivity index (χ0v) is 11.2. The number of hydrogen-bond donors (Lipinski definition) is 5. The number of aryl methyl sites for hydroxylation is 1. The van der Waals surface area contributed by atoms with Crippen LogP contribution in [-0.2, 0) is 0 Å². The molecule has 0 saturated heterocycles. The predicted molar refractivity (Wildman–Crippen MR) is 72.8 cm³/mol. The molecule has 2 aromatic rings. The number of aromatic hydroxyl groups is 5. The molecule has 0 aliphatic heterocycles. The molecule has 0 aromatic heterocycles. The lowest BCUT2D eigenvalue weighted by atomic mass is 9.81. The summed E-state index contributed by atoms with van der Waals surface area (Å²) in [5.41, 5.74) is -1.58. The molecule has 1 aliphatic carbocycles. The van der Waals surface area contributed by atoms with Gasteiger partial charge in [-0.2, -0.15) is 0 Å². The minimum Gasteiger partial charge on any atom is -0.507 e. The fourth-order valence-electron chi connectivity index (χ4n) is 2.55. The highest BCUT2D eigenvalue weighted by molar-refractivity contribution is 6.31. The van der Waals surface area contributed by atoms with E-state index >= 15 is 0 Å². The van der Waals surface area contributed by atoms with Crippen molar-refractivity contribution in [3.63, 3.8) is 0 Å². The van der Waals surface area contributed by atoms with Gasteiger partial charge in [0.25, 0.3) is 0 Å². The number of phenolic OH excluding ortho intramolecular Hbond substituents is 5. The number of fused-ring (bicyclic) bond motifs is 2. The quantitative estimate of drug-likeness (QED) is 0.312. The van der Waals surface area contributed by atoms with E-state index in [1.54, 1.807) is 0 Å². The Balaban J connectivity index is 2.46. The largest absolute Gasteiger partial charge is 0.507 e. The Labute approximate surface area is 123 Å². The third kappa shape index (κ3) is 1.50.